The molecule has 4 aromatic heterocycles. The number of amides is 1. The van der Waals surface area contributed by atoms with Crippen LogP contribution in [0.4, 0.5) is 10.6 Å². The van der Waals surface area contributed by atoms with Crippen molar-refractivity contribution in [3.63, 3.8) is 0 Å². The third-order valence-corrected chi connectivity index (χ3v) is 6.87. The summed E-state index contributed by atoms with van der Waals surface area (Å²) in [7, 11) is 1.63. The molecule has 0 aliphatic rings. The number of benzene rings is 1. The number of fused-ring (bicyclic) bond motifs is 3. The Bertz CT molecular complexity index is 1470. The summed E-state index contributed by atoms with van der Waals surface area (Å²) in [6.45, 7) is 2.76. The number of imidazole rings is 1. The molecule has 4 N–H and O–H groups in total. The van der Waals surface area contributed by atoms with Gasteiger partial charge in [0.1, 0.15) is 17.1 Å². The third kappa shape index (κ3) is 3.79. The number of aromatic nitrogens is 5. The van der Waals surface area contributed by atoms with Gasteiger partial charge in [0, 0.05) is 19.3 Å². The molecule has 0 saturated carbocycles. The second kappa shape index (κ2) is 8.67. The van der Waals surface area contributed by atoms with Crippen LogP contribution < -0.4 is 10.5 Å². The van der Waals surface area contributed by atoms with Gasteiger partial charge in [-0.25, -0.2) is 14.8 Å². The van der Waals surface area contributed by atoms with Crippen molar-refractivity contribution in [2.45, 2.75) is 20.0 Å². The van der Waals surface area contributed by atoms with Gasteiger partial charge in [0.15, 0.2) is 5.82 Å². The molecule has 1 amide bonds. The maximum atomic E-state index is 11.7. The summed E-state index contributed by atoms with van der Waals surface area (Å²) in [5.74, 6) is 1.68. The molecule has 0 aliphatic carbocycles. The Labute approximate surface area is 198 Å². The lowest BCUT2D eigenvalue weighted by molar-refractivity contribution is 0.143. The van der Waals surface area contributed by atoms with Gasteiger partial charge in [0.25, 0.3) is 0 Å². The number of carbonyl (C=O) groups is 1. The van der Waals surface area contributed by atoms with Gasteiger partial charge in [-0.1, -0.05) is 12.1 Å². The molecule has 0 bridgehead atoms. The summed E-state index contributed by atoms with van der Waals surface area (Å²) < 4.78 is 8.25. The molecule has 5 rings (SSSR count). The highest BCUT2D eigenvalue weighted by Crippen LogP contribution is 2.38. The average Bonchev–Trinajstić information content (AvgIpc) is 3.57. The smallest absolute Gasteiger partial charge is 0.407 e. The SMILES string of the molecule is CCN(Cc1nc2c(N)nc3cc(-c4ccn[nH]4)sc3c2n1Cc1ccc(OC)cc1)C(=O)O. The summed E-state index contributed by atoms with van der Waals surface area (Å²) in [5, 5.41) is 16.6. The van der Waals surface area contributed by atoms with Crippen molar-refractivity contribution in [1.82, 2.24) is 29.6 Å². The van der Waals surface area contributed by atoms with Crippen LogP contribution in [-0.2, 0) is 13.1 Å². The lowest BCUT2D eigenvalue weighted by atomic mass is 10.2. The minimum absolute atomic E-state index is 0.135. The number of anilines is 1. The Kier molecular flexibility index (Phi) is 5.54. The van der Waals surface area contributed by atoms with Gasteiger partial charge >= 0.3 is 6.09 Å². The summed E-state index contributed by atoms with van der Waals surface area (Å²) >= 11 is 1.57. The predicted octanol–water partition coefficient (Wildman–Crippen LogP) is 4.18. The number of nitrogen functional groups attached to an aromatic ring is 1. The van der Waals surface area contributed by atoms with E-state index in [1.165, 1.54) is 4.90 Å². The molecule has 34 heavy (non-hydrogen) atoms. The highest BCUT2D eigenvalue weighted by molar-refractivity contribution is 7.23. The quantitative estimate of drug-likeness (QED) is 0.320. The molecule has 0 saturated heterocycles. The number of nitrogens with one attached hydrogen (secondary N) is 1. The zero-order chi connectivity index (χ0) is 23.8. The second-order valence-electron chi connectivity index (χ2n) is 7.75. The number of nitrogens with zero attached hydrogens (tertiary/aromatic N) is 5. The van der Waals surface area contributed by atoms with E-state index in [9.17, 15) is 9.90 Å². The van der Waals surface area contributed by atoms with E-state index in [1.807, 2.05) is 41.0 Å². The van der Waals surface area contributed by atoms with Crippen LogP contribution in [-0.4, -0.2) is 54.5 Å². The molecule has 11 heteroatoms. The maximum Gasteiger partial charge on any atom is 0.407 e. The van der Waals surface area contributed by atoms with Gasteiger partial charge in [-0.15, -0.1) is 11.3 Å². The summed E-state index contributed by atoms with van der Waals surface area (Å²) in [5.41, 5.74) is 10.4. The van der Waals surface area contributed by atoms with Crippen molar-refractivity contribution >= 4 is 44.5 Å². The molecule has 1 aromatic carbocycles. The van der Waals surface area contributed by atoms with Crippen LogP contribution in [0.25, 0.3) is 31.8 Å². The fourth-order valence-electron chi connectivity index (χ4n) is 3.94. The number of pyridine rings is 1. The van der Waals surface area contributed by atoms with Gasteiger partial charge in [-0.2, -0.15) is 5.10 Å². The number of hydrogen-bond acceptors (Lipinski definition) is 7. The lowest BCUT2D eigenvalue weighted by Crippen LogP contribution is -2.30. The van der Waals surface area contributed by atoms with E-state index in [2.05, 4.69) is 15.2 Å². The fourth-order valence-corrected chi connectivity index (χ4v) is 5.07. The van der Waals surface area contributed by atoms with Crippen LogP contribution in [0.5, 0.6) is 5.75 Å². The first kappa shape index (κ1) is 21.7. The van der Waals surface area contributed by atoms with Gasteiger partial charge in [0.05, 0.1) is 40.0 Å². The number of methoxy groups -OCH3 is 1. The first-order valence-electron chi connectivity index (χ1n) is 10.7. The normalized spacial score (nSPS) is 11.4. The van der Waals surface area contributed by atoms with E-state index in [1.54, 1.807) is 31.6 Å². The molecule has 0 spiro atoms. The first-order chi connectivity index (χ1) is 16.5. The van der Waals surface area contributed by atoms with E-state index in [4.69, 9.17) is 15.5 Å². The first-order valence-corrected chi connectivity index (χ1v) is 11.5. The van der Waals surface area contributed by atoms with Gasteiger partial charge in [-0.05, 0) is 36.8 Å². The average molecular weight is 478 g/mol. The van der Waals surface area contributed by atoms with Crippen LogP contribution in [0.1, 0.15) is 18.3 Å². The van der Waals surface area contributed by atoms with Gasteiger partial charge in [-0.3, -0.25) is 5.10 Å². The molecular formula is C23H23N7O3S. The topological polar surface area (TPSA) is 135 Å². The summed E-state index contributed by atoms with van der Waals surface area (Å²) in [6, 6.07) is 11.6. The highest BCUT2D eigenvalue weighted by Gasteiger charge is 2.22. The van der Waals surface area contributed by atoms with Gasteiger partial charge in [0.2, 0.25) is 0 Å². The van der Waals surface area contributed by atoms with Gasteiger partial charge < -0.3 is 25.0 Å². The third-order valence-electron chi connectivity index (χ3n) is 5.71. The van der Waals surface area contributed by atoms with Crippen LogP contribution >= 0.6 is 11.3 Å². The van der Waals surface area contributed by atoms with Crippen molar-refractivity contribution in [2.75, 3.05) is 19.4 Å². The summed E-state index contributed by atoms with van der Waals surface area (Å²) in [6.07, 6.45) is 0.702. The second-order valence-corrected chi connectivity index (χ2v) is 8.80. The number of ether oxygens (including phenoxy) is 1. The van der Waals surface area contributed by atoms with Crippen molar-refractivity contribution < 1.29 is 14.6 Å². The largest absolute Gasteiger partial charge is 0.497 e. The molecule has 0 atom stereocenters. The van der Waals surface area contributed by atoms with Crippen LogP contribution in [0, 0.1) is 0 Å². The minimum Gasteiger partial charge on any atom is -0.497 e. The Morgan fingerprint density at radius 2 is 2.06 bits per heavy atom. The van der Waals surface area contributed by atoms with Crippen molar-refractivity contribution in [3.05, 3.63) is 54.0 Å². The molecule has 0 unspecified atom stereocenters. The molecule has 0 fully saturated rings. The Balaban J connectivity index is 1.72. The van der Waals surface area contributed by atoms with E-state index >= 15 is 0 Å². The molecule has 0 aliphatic heterocycles. The number of aromatic amines is 1. The Morgan fingerprint density at radius 3 is 2.71 bits per heavy atom. The van der Waals surface area contributed by atoms with Crippen molar-refractivity contribution in [3.8, 4) is 16.3 Å². The van der Waals surface area contributed by atoms with Crippen LogP contribution in [0.3, 0.4) is 0 Å². The lowest BCUT2D eigenvalue weighted by Gasteiger charge is -2.18. The molecule has 10 nitrogen and oxygen atoms in total. The number of carboxylic acid groups (broad SMARTS) is 1. The highest BCUT2D eigenvalue weighted by atomic mass is 32.1. The van der Waals surface area contributed by atoms with Crippen molar-refractivity contribution in [1.29, 1.82) is 0 Å². The van der Waals surface area contributed by atoms with E-state index in [0.29, 0.717) is 30.2 Å². The predicted molar refractivity (Wildman–Crippen MR) is 131 cm³/mol. The minimum atomic E-state index is -1.00. The van der Waals surface area contributed by atoms with E-state index in [-0.39, 0.29) is 6.54 Å². The zero-order valence-corrected chi connectivity index (χ0v) is 19.5. The fraction of sp³-hybridized carbons (Fsp3) is 0.217. The molecule has 0 radical (unpaired) electrons. The van der Waals surface area contributed by atoms with E-state index < -0.39 is 6.09 Å². The standard InChI is InChI=1S/C23H23N7O3S/c1-3-29(23(31)32)12-18-27-19-20(30(18)11-13-4-6-14(33-2)7-5-13)21-16(26-22(19)24)10-17(34-21)15-8-9-25-28-15/h4-10H,3,11-12H2,1-2H3,(H2,24,26)(H,25,28)(H,31,32). The van der Waals surface area contributed by atoms with Crippen molar-refractivity contribution in [2.24, 2.45) is 0 Å². The number of hydrogen-bond donors (Lipinski definition) is 3. The molecule has 4 heterocycles. The summed E-state index contributed by atoms with van der Waals surface area (Å²) in [4.78, 5) is 23.4. The number of nitrogens with two attached hydrogens (primary N) is 1. The Hall–Kier alpha value is -4.12. The molecular weight excluding hydrogens is 454 g/mol. The number of rotatable bonds is 7. The zero-order valence-electron chi connectivity index (χ0n) is 18.6. The number of H-pyrrole nitrogens is 1. The monoisotopic (exact) mass is 477 g/mol. The Morgan fingerprint density at radius 1 is 1.26 bits per heavy atom. The number of thiophene rings is 1. The van der Waals surface area contributed by atoms with E-state index in [0.717, 1.165) is 37.6 Å². The molecule has 5 aromatic rings. The van der Waals surface area contributed by atoms with Crippen LogP contribution in [0.15, 0.2) is 42.6 Å². The van der Waals surface area contributed by atoms with Crippen LogP contribution in [0.2, 0.25) is 0 Å². The maximum absolute atomic E-state index is 11.7. The molecule has 174 valence electrons.